The predicted octanol–water partition coefficient (Wildman–Crippen LogP) is 1.99. The Morgan fingerprint density at radius 1 is 1.26 bits per heavy atom. The molecule has 0 radical (unpaired) electrons. The van der Waals surface area contributed by atoms with Crippen molar-refractivity contribution in [2.24, 2.45) is 10.9 Å². The lowest BCUT2D eigenvalue weighted by molar-refractivity contribution is -0.388. The van der Waals surface area contributed by atoms with Crippen molar-refractivity contribution in [1.82, 2.24) is 0 Å². The molecule has 7 nitrogen and oxygen atoms in total. The van der Waals surface area contributed by atoms with Gasteiger partial charge >= 0.3 is 11.7 Å². The first kappa shape index (κ1) is 18.3. The fourth-order valence-electron chi connectivity index (χ4n) is 1.83. The summed E-state index contributed by atoms with van der Waals surface area (Å²) < 4.78 is 45.7. The number of halogens is 3. The molecule has 1 atom stereocenters. The molecule has 1 unspecified atom stereocenters. The van der Waals surface area contributed by atoms with E-state index in [0.717, 1.165) is 20.2 Å². The van der Waals surface area contributed by atoms with Crippen molar-refractivity contribution in [3.05, 3.63) is 38.7 Å². The third-order valence-corrected chi connectivity index (χ3v) is 2.98. The molecule has 10 heteroatoms. The van der Waals surface area contributed by atoms with Crippen LogP contribution in [0.5, 0.6) is 0 Å². The van der Waals surface area contributed by atoms with Gasteiger partial charge in [-0.15, -0.1) is 0 Å². The maximum absolute atomic E-state index is 14.2. The Hall–Kier alpha value is -2.78. The Morgan fingerprint density at radius 2 is 1.83 bits per heavy atom. The Morgan fingerprint density at radius 3 is 2.26 bits per heavy atom. The first-order chi connectivity index (χ1) is 10.7. The summed E-state index contributed by atoms with van der Waals surface area (Å²) in [6.45, 7) is 0.801. The Balaban J connectivity index is 3.73. The number of esters is 1. The van der Waals surface area contributed by atoms with Crippen molar-refractivity contribution >= 4 is 23.7 Å². The number of carbonyl (C=O) groups excluding carboxylic acids is 2. The van der Waals surface area contributed by atoms with Crippen LogP contribution >= 0.6 is 0 Å². The minimum absolute atomic E-state index is 0.758. The van der Waals surface area contributed by atoms with Crippen LogP contribution in [0.15, 0.2) is 4.99 Å². The van der Waals surface area contributed by atoms with Crippen LogP contribution < -0.4 is 0 Å². The number of nitro groups is 1. The normalized spacial score (nSPS) is 12.3. The van der Waals surface area contributed by atoms with Gasteiger partial charge in [0.25, 0.3) is 0 Å². The molecule has 124 valence electrons. The number of hydrogen-bond acceptors (Lipinski definition) is 6. The monoisotopic (exact) mass is 332 g/mol. The average molecular weight is 332 g/mol. The molecule has 0 fully saturated rings. The molecule has 0 heterocycles. The van der Waals surface area contributed by atoms with Crippen LogP contribution in [0.1, 0.15) is 15.9 Å². The van der Waals surface area contributed by atoms with Crippen molar-refractivity contribution in [3.63, 3.8) is 0 Å². The van der Waals surface area contributed by atoms with E-state index in [9.17, 15) is 32.9 Å². The van der Waals surface area contributed by atoms with Crippen LogP contribution in [0.25, 0.3) is 0 Å². The summed E-state index contributed by atoms with van der Waals surface area (Å²) in [7, 11) is 2.11. The highest BCUT2D eigenvalue weighted by Gasteiger charge is 2.39. The number of ketones is 1. The molecule has 0 amide bonds. The zero-order chi connectivity index (χ0) is 17.9. The van der Waals surface area contributed by atoms with Crippen LogP contribution in [0.2, 0.25) is 0 Å². The van der Waals surface area contributed by atoms with E-state index in [-0.39, 0.29) is 0 Å². The molecular formula is C13H11F3N2O5. The lowest BCUT2D eigenvalue weighted by Gasteiger charge is -2.12. The van der Waals surface area contributed by atoms with Crippen LogP contribution in [-0.2, 0) is 9.53 Å². The Labute approximate surface area is 127 Å². The summed E-state index contributed by atoms with van der Waals surface area (Å²) in [4.78, 5) is 36.7. The first-order valence-electron chi connectivity index (χ1n) is 6.04. The highest BCUT2D eigenvalue weighted by molar-refractivity contribution is 6.19. The van der Waals surface area contributed by atoms with Gasteiger partial charge in [0.15, 0.2) is 17.5 Å². The molecular weight excluding hydrogens is 321 g/mol. The summed E-state index contributed by atoms with van der Waals surface area (Å²) >= 11 is 0. The fourth-order valence-corrected chi connectivity index (χ4v) is 1.83. The molecule has 0 aliphatic carbocycles. The van der Waals surface area contributed by atoms with E-state index in [2.05, 4.69) is 9.73 Å². The second kappa shape index (κ2) is 6.99. The van der Waals surface area contributed by atoms with Crippen LogP contribution in [-0.4, -0.2) is 37.0 Å². The third kappa shape index (κ3) is 3.20. The van der Waals surface area contributed by atoms with E-state index >= 15 is 0 Å². The van der Waals surface area contributed by atoms with E-state index in [0.29, 0.717) is 0 Å². The predicted molar refractivity (Wildman–Crippen MR) is 72.0 cm³/mol. The second-order valence-electron chi connectivity index (χ2n) is 4.32. The van der Waals surface area contributed by atoms with Crippen LogP contribution in [0.3, 0.4) is 0 Å². The summed E-state index contributed by atoms with van der Waals surface area (Å²) in [5.74, 6) is -9.88. The summed E-state index contributed by atoms with van der Waals surface area (Å²) in [5.41, 5.74) is -3.95. The van der Waals surface area contributed by atoms with E-state index in [4.69, 9.17) is 0 Å². The standard InChI is InChI=1S/C13H11F3N2O5/c1-5-8(14)7(11(18(21)22)10(16)9(5)15)12(19)6(4-17-2)13(20)23-3/h4,6H,1-3H3. The minimum atomic E-state index is -1.99. The van der Waals surface area contributed by atoms with Crippen molar-refractivity contribution in [2.75, 3.05) is 14.2 Å². The molecule has 0 saturated carbocycles. The SMILES string of the molecule is CN=CC(C(=O)OC)C(=O)c1c(F)c(C)c(F)c(F)c1[N+](=O)[O-]. The second-order valence-corrected chi connectivity index (χ2v) is 4.32. The van der Waals surface area contributed by atoms with Gasteiger partial charge in [-0.1, -0.05) is 0 Å². The number of carbonyl (C=O) groups is 2. The maximum atomic E-state index is 14.2. The van der Waals surface area contributed by atoms with Crippen molar-refractivity contribution in [1.29, 1.82) is 0 Å². The molecule has 0 aliphatic rings. The number of benzene rings is 1. The summed E-state index contributed by atoms with van der Waals surface area (Å²) in [5, 5.41) is 10.9. The molecule has 0 saturated heterocycles. The molecule has 23 heavy (non-hydrogen) atoms. The summed E-state index contributed by atoms with van der Waals surface area (Å²) in [6, 6.07) is 0. The van der Waals surface area contributed by atoms with Gasteiger partial charge in [-0.3, -0.25) is 24.7 Å². The molecule has 0 spiro atoms. The molecule has 1 aromatic rings. The molecule has 0 bridgehead atoms. The third-order valence-electron chi connectivity index (χ3n) is 2.98. The van der Waals surface area contributed by atoms with Gasteiger partial charge in [0.1, 0.15) is 11.4 Å². The number of ether oxygens (including phenoxy) is 1. The largest absolute Gasteiger partial charge is 0.468 e. The van der Waals surface area contributed by atoms with Crippen LogP contribution in [0.4, 0.5) is 18.9 Å². The lowest BCUT2D eigenvalue weighted by Crippen LogP contribution is -2.29. The highest BCUT2D eigenvalue weighted by Crippen LogP contribution is 2.32. The minimum Gasteiger partial charge on any atom is -0.468 e. The number of rotatable bonds is 5. The summed E-state index contributed by atoms with van der Waals surface area (Å²) in [6.07, 6.45) is 0.758. The van der Waals surface area contributed by atoms with Gasteiger partial charge in [-0.2, -0.15) is 4.39 Å². The molecule has 1 rings (SSSR count). The van der Waals surface area contributed by atoms with E-state index in [1.54, 1.807) is 0 Å². The zero-order valence-electron chi connectivity index (χ0n) is 12.2. The number of Topliss-reactive ketones (excluding diaryl/α,β-unsaturated/α-hetero) is 1. The molecule has 0 aromatic heterocycles. The van der Waals surface area contributed by atoms with Crippen molar-refractivity contribution in [2.45, 2.75) is 6.92 Å². The number of nitrogens with zero attached hydrogens (tertiary/aromatic N) is 2. The van der Waals surface area contributed by atoms with Gasteiger partial charge in [0.2, 0.25) is 5.82 Å². The molecule has 1 aromatic carbocycles. The average Bonchev–Trinajstić information content (AvgIpc) is 2.51. The van der Waals surface area contributed by atoms with Gasteiger partial charge in [0.05, 0.1) is 12.0 Å². The number of methoxy groups -OCH3 is 1. The van der Waals surface area contributed by atoms with Gasteiger partial charge in [0, 0.05) is 18.8 Å². The number of aliphatic imine (C=N–C) groups is 1. The lowest BCUT2D eigenvalue weighted by atomic mass is 9.94. The first-order valence-corrected chi connectivity index (χ1v) is 6.04. The fraction of sp³-hybridized carbons (Fsp3) is 0.308. The van der Waals surface area contributed by atoms with E-state index in [1.165, 1.54) is 7.05 Å². The Bertz CT molecular complexity index is 718. The number of hydrogen-bond donors (Lipinski definition) is 0. The van der Waals surface area contributed by atoms with Crippen molar-refractivity contribution < 1.29 is 32.4 Å². The van der Waals surface area contributed by atoms with E-state index in [1.807, 2.05) is 0 Å². The highest BCUT2D eigenvalue weighted by atomic mass is 19.2. The van der Waals surface area contributed by atoms with E-state index < -0.39 is 56.9 Å². The smallest absolute Gasteiger partial charge is 0.322 e. The molecule has 0 aliphatic heterocycles. The zero-order valence-corrected chi connectivity index (χ0v) is 12.2. The Kier molecular flexibility index (Phi) is 5.55. The van der Waals surface area contributed by atoms with Crippen LogP contribution in [0, 0.1) is 40.4 Å². The van der Waals surface area contributed by atoms with Gasteiger partial charge in [-0.25, -0.2) is 8.78 Å². The van der Waals surface area contributed by atoms with Gasteiger partial charge < -0.3 is 4.74 Å². The number of nitro benzene ring substituents is 1. The van der Waals surface area contributed by atoms with Gasteiger partial charge in [-0.05, 0) is 6.92 Å². The maximum Gasteiger partial charge on any atom is 0.322 e. The van der Waals surface area contributed by atoms with Crippen molar-refractivity contribution in [3.8, 4) is 0 Å². The topological polar surface area (TPSA) is 98.9 Å². The quantitative estimate of drug-likeness (QED) is 0.156. The molecule has 0 N–H and O–H groups in total.